The van der Waals surface area contributed by atoms with Crippen molar-refractivity contribution >= 4 is 28.6 Å². The first-order valence-corrected chi connectivity index (χ1v) is 12.7. The van der Waals surface area contributed by atoms with Gasteiger partial charge < -0.3 is 4.74 Å². The van der Waals surface area contributed by atoms with Gasteiger partial charge >= 0.3 is 5.97 Å². The van der Waals surface area contributed by atoms with E-state index in [9.17, 15) is 18.8 Å². The molecule has 1 aromatic carbocycles. The Kier molecular flexibility index (Phi) is 8.12. The number of aromatic nitrogens is 3. The normalized spacial score (nSPS) is 20.5. The molecule has 0 amide bonds. The molecule has 0 radical (unpaired) electrons. The van der Waals surface area contributed by atoms with E-state index in [-0.39, 0.29) is 40.2 Å². The number of rotatable bonds is 9. The monoisotopic (exact) mass is 500 g/mol. The van der Waals surface area contributed by atoms with Crippen molar-refractivity contribution in [1.82, 2.24) is 19.9 Å². The first-order chi connectivity index (χ1) is 16.9. The molecule has 1 aliphatic heterocycles. The Morgan fingerprint density at radius 2 is 2.03 bits per heavy atom. The van der Waals surface area contributed by atoms with Crippen LogP contribution in [-0.4, -0.2) is 61.7 Å². The summed E-state index contributed by atoms with van der Waals surface area (Å²) in [6.07, 6.45) is 5.63. The summed E-state index contributed by atoms with van der Waals surface area (Å²) in [5.41, 5.74) is 1.48. The second kappa shape index (κ2) is 11.3. The predicted octanol–water partition coefficient (Wildman–Crippen LogP) is 3.59. The Balaban J connectivity index is 1.57. The topological polar surface area (TPSA) is 94.4 Å². The molecule has 2 aromatic rings. The Labute approximate surface area is 207 Å². The van der Waals surface area contributed by atoms with E-state index in [1.54, 1.807) is 25.1 Å². The van der Waals surface area contributed by atoms with Gasteiger partial charge in [0.05, 0.1) is 25.4 Å². The number of ketones is 1. The number of nitrogens with zero attached hydrogens (tertiary/aromatic N) is 4. The average molecular weight is 501 g/mol. The highest BCUT2D eigenvalue weighted by Crippen LogP contribution is 2.40. The Hall–Kier alpha value is -2.85. The molecule has 1 aliphatic carbocycles. The number of halogens is 1. The van der Waals surface area contributed by atoms with Gasteiger partial charge in [0.2, 0.25) is 0 Å². The summed E-state index contributed by atoms with van der Waals surface area (Å²) in [6.45, 7) is 4.79. The zero-order valence-corrected chi connectivity index (χ0v) is 20.7. The summed E-state index contributed by atoms with van der Waals surface area (Å²) in [5.74, 6) is -0.887. The largest absolute Gasteiger partial charge is 0.461 e. The molecular formula is C25H29FN4O4S. The molecule has 2 atom stereocenters. The first-order valence-electron chi connectivity index (χ1n) is 11.8. The van der Waals surface area contributed by atoms with Gasteiger partial charge in [-0.2, -0.15) is 9.90 Å². The predicted molar refractivity (Wildman–Crippen MR) is 129 cm³/mol. The van der Waals surface area contributed by atoms with E-state index in [1.807, 2.05) is 11.0 Å². The van der Waals surface area contributed by atoms with E-state index in [0.29, 0.717) is 31.6 Å². The van der Waals surface area contributed by atoms with Crippen LogP contribution in [0.5, 0.6) is 0 Å². The lowest BCUT2D eigenvalue weighted by atomic mass is 9.93. The van der Waals surface area contributed by atoms with Crippen molar-refractivity contribution in [2.45, 2.75) is 50.9 Å². The van der Waals surface area contributed by atoms with Crippen LogP contribution in [0.3, 0.4) is 0 Å². The maximum atomic E-state index is 14.8. The molecule has 1 saturated carbocycles. The number of esters is 1. The number of thioether (sulfide) groups is 1. The molecule has 0 spiro atoms. The van der Waals surface area contributed by atoms with E-state index in [4.69, 9.17) is 4.74 Å². The molecule has 1 saturated heterocycles. The van der Waals surface area contributed by atoms with E-state index in [2.05, 4.69) is 10.2 Å². The lowest BCUT2D eigenvalue weighted by Gasteiger charge is -2.38. The van der Waals surface area contributed by atoms with Gasteiger partial charge in [0.15, 0.2) is 16.6 Å². The van der Waals surface area contributed by atoms with E-state index in [1.165, 1.54) is 35.7 Å². The maximum Gasteiger partial charge on any atom is 0.360 e. The molecule has 2 unspecified atom stereocenters. The van der Waals surface area contributed by atoms with Gasteiger partial charge in [0.25, 0.3) is 0 Å². The fourth-order valence-corrected chi connectivity index (χ4v) is 5.28. The highest BCUT2D eigenvalue weighted by Gasteiger charge is 2.41. The van der Waals surface area contributed by atoms with Crippen LogP contribution < -0.4 is 0 Å². The molecular weight excluding hydrogens is 471 g/mol. The summed E-state index contributed by atoms with van der Waals surface area (Å²) < 4.78 is 19.7. The van der Waals surface area contributed by atoms with Crippen molar-refractivity contribution in [3.05, 3.63) is 59.2 Å². The number of likely N-dealkylation sites (tertiary alicyclic amines) is 1. The number of piperidine rings is 1. The minimum absolute atomic E-state index is 0.0101. The van der Waals surface area contributed by atoms with Gasteiger partial charge in [-0.05, 0) is 37.8 Å². The molecule has 2 aliphatic rings. The first kappa shape index (κ1) is 25.2. The van der Waals surface area contributed by atoms with E-state index in [0.717, 1.165) is 18.4 Å². The van der Waals surface area contributed by atoms with Crippen LogP contribution in [0.4, 0.5) is 4.39 Å². The van der Waals surface area contributed by atoms with Crippen molar-refractivity contribution in [3.63, 3.8) is 0 Å². The van der Waals surface area contributed by atoms with Gasteiger partial charge in [-0.15, -0.1) is 5.10 Å². The van der Waals surface area contributed by atoms with Crippen molar-refractivity contribution in [2.75, 3.05) is 19.7 Å². The average Bonchev–Trinajstić information content (AvgIpc) is 3.57. The second-order valence-corrected chi connectivity index (χ2v) is 10.1. The van der Waals surface area contributed by atoms with Gasteiger partial charge in [-0.3, -0.25) is 14.5 Å². The molecule has 8 nitrogen and oxygen atoms in total. The number of hydrogen-bond acceptors (Lipinski definition) is 8. The molecule has 1 aromatic heterocycles. The van der Waals surface area contributed by atoms with Crippen LogP contribution >= 0.6 is 11.8 Å². The molecule has 2 fully saturated rings. The zero-order chi connectivity index (χ0) is 24.9. The lowest BCUT2D eigenvalue weighted by Crippen LogP contribution is -2.43. The summed E-state index contributed by atoms with van der Waals surface area (Å²) in [5, 5.41) is 8.26. The smallest absolute Gasteiger partial charge is 0.360 e. The minimum atomic E-state index is -0.659. The summed E-state index contributed by atoms with van der Waals surface area (Å²) in [6, 6.07) is 5.80. The third kappa shape index (κ3) is 6.24. The highest BCUT2D eigenvalue weighted by atomic mass is 32.2. The van der Waals surface area contributed by atoms with Crippen LogP contribution in [-0.2, 0) is 20.9 Å². The van der Waals surface area contributed by atoms with Crippen molar-refractivity contribution in [3.8, 4) is 0 Å². The molecule has 186 valence electrons. The second-order valence-electron chi connectivity index (χ2n) is 8.74. The SMILES string of the molecule is CCOC(=O)c1cnn(CC=C2CN(C(C(=O)C3CC3)c3ccccc3F)CCC2SC(C)=O)n1. The molecule has 0 N–H and O–H groups in total. The molecule has 35 heavy (non-hydrogen) atoms. The van der Waals surface area contributed by atoms with E-state index < -0.39 is 12.0 Å². The van der Waals surface area contributed by atoms with Gasteiger partial charge in [-0.1, -0.05) is 36.0 Å². The number of carbonyl (C=O) groups excluding carboxylic acids is 3. The van der Waals surface area contributed by atoms with Crippen molar-refractivity contribution in [2.24, 2.45) is 5.92 Å². The molecule has 0 bridgehead atoms. The van der Waals surface area contributed by atoms with Crippen LogP contribution in [0.15, 0.2) is 42.1 Å². The Bertz CT molecular complexity index is 1130. The zero-order valence-electron chi connectivity index (χ0n) is 19.9. The van der Waals surface area contributed by atoms with Gasteiger partial charge in [0.1, 0.15) is 5.82 Å². The van der Waals surface area contributed by atoms with Gasteiger partial charge in [-0.25, -0.2) is 9.18 Å². The highest BCUT2D eigenvalue weighted by molar-refractivity contribution is 8.14. The number of benzene rings is 1. The fourth-order valence-electron chi connectivity index (χ4n) is 4.34. The molecule has 10 heteroatoms. The third-order valence-corrected chi connectivity index (χ3v) is 7.29. The maximum absolute atomic E-state index is 14.8. The number of ether oxygens (including phenoxy) is 1. The summed E-state index contributed by atoms with van der Waals surface area (Å²) >= 11 is 1.26. The van der Waals surface area contributed by atoms with Crippen LogP contribution in [0.2, 0.25) is 0 Å². The van der Waals surface area contributed by atoms with E-state index >= 15 is 0 Å². The van der Waals surface area contributed by atoms with Crippen LogP contribution in [0.25, 0.3) is 0 Å². The number of allylic oxidation sites excluding steroid dienone is 1. The third-order valence-electron chi connectivity index (χ3n) is 6.14. The summed E-state index contributed by atoms with van der Waals surface area (Å²) in [4.78, 5) is 40.4. The number of hydrogen-bond donors (Lipinski definition) is 0. The minimum Gasteiger partial charge on any atom is -0.461 e. The number of carbonyl (C=O) groups is 3. The van der Waals surface area contributed by atoms with Gasteiger partial charge in [0, 0.05) is 36.7 Å². The van der Waals surface area contributed by atoms with Crippen LogP contribution in [0.1, 0.15) is 55.2 Å². The summed E-state index contributed by atoms with van der Waals surface area (Å²) in [7, 11) is 0. The Morgan fingerprint density at radius 3 is 2.71 bits per heavy atom. The number of Topliss-reactive ketones (excluding diaryl/α,β-unsaturated/α-hetero) is 1. The fraction of sp³-hybridized carbons (Fsp3) is 0.480. The van der Waals surface area contributed by atoms with Crippen molar-refractivity contribution in [1.29, 1.82) is 0 Å². The standard InChI is InChI=1S/C25H29FN4O4S/c1-3-34-25(33)21-14-27-30(28-21)13-10-18-15-29(12-11-22(18)35-16(2)31)23(24(32)17-8-9-17)19-6-4-5-7-20(19)26/h4-7,10,14,17,22-23H,3,8-9,11-13,15H2,1-2H3. The quantitative estimate of drug-likeness (QED) is 0.381. The molecule has 2 heterocycles. The van der Waals surface area contributed by atoms with Crippen molar-refractivity contribution < 1.29 is 23.5 Å². The Morgan fingerprint density at radius 1 is 1.26 bits per heavy atom. The van der Waals surface area contributed by atoms with Crippen LogP contribution in [0, 0.1) is 11.7 Å². The molecule has 4 rings (SSSR count). The lowest BCUT2D eigenvalue weighted by molar-refractivity contribution is -0.126.